The molecule has 1 aliphatic carbocycles. The second kappa shape index (κ2) is 4.82. The molecule has 1 saturated carbocycles. The predicted molar refractivity (Wildman–Crippen MR) is 73.7 cm³/mol. The predicted octanol–water partition coefficient (Wildman–Crippen LogP) is 1.19. The molecule has 21 heavy (non-hydrogen) atoms. The standard InChI is InChI=1S/C14H20N4O3/c1-14(2)5-3-4-10(14)12(19)17-6-9(7-17)18-8-11(13(20)21)15-16-18/h8-10H,3-7H2,1-2H3,(H,20,21). The van der Waals surface area contributed by atoms with Gasteiger partial charge in [-0.05, 0) is 18.3 Å². The van der Waals surface area contributed by atoms with Gasteiger partial charge >= 0.3 is 5.97 Å². The van der Waals surface area contributed by atoms with Crippen LogP contribution in [0, 0.1) is 11.3 Å². The maximum Gasteiger partial charge on any atom is 0.358 e. The number of aromatic nitrogens is 3. The molecule has 1 amide bonds. The van der Waals surface area contributed by atoms with Crippen LogP contribution in [0.25, 0.3) is 0 Å². The normalized spacial score (nSPS) is 24.9. The fourth-order valence-corrected chi connectivity index (χ4v) is 3.36. The molecule has 1 atom stereocenters. The van der Waals surface area contributed by atoms with Crippen molar-refractivity contribution in [1.29, 1.82) is 0 Å². The zero-order valence-corrected chi connectivity index (χ0v) is 12.3. The first-order valence-electron chi connectivity index (χ1n) is 7.32. The first-order chi connectivity index (χ1) is 9.88. The minimum Gasteiger partial charge on any atom is -0.476 e. The van der Waals surface area contributed by atoms with Gasteiger partial charge in [0.2, 0.25) is 5.91 Å². The summed E-state index contributed by atoms with van der Waals surface area (Å²) in [6.45, 7) is 5.51. The molecule has 1 N–H and O–H groups in total. The average Bonchev–Trinajstić information content (AvgIpc) is 2.93. The molecule has 2 heterocycles. The minimum atomic E-state index is -1.08. The Balaban J connectivity index is 1.60. The van der Waals surface area contributed by atoms with Gasteiger partial charge in [-0.25, -0.2) is 9.48 Å². The van der Waals surface area contributed by atoms with Crippen molar-refractivity contribution in [1.82, 2.24) is 19.9 Å². The number of aromatic carboxylic acids is 1. The smallest absolute Gasteiger partial charge is 0.358 e. The summed E-state index contributed by atoms with van der Waals surface area (Å²) in [6, 6.07) is 0.0408. The van der Waals surface area contributed by atoms with Gasteiger partial charge in [0.25, 0.3) is 0 Å². The van der Waals surface area contributed by atoms with E-state index in [1.54, 1.807) is 4.68 Å². The number of nitrogens with zero attached hydrogens (tertiary/aromatic N) is 4. The molecule has 0 bridgehead atoms. The van der Waals surface area contributed by atoms with Gasteiger partial charge in [0.15, 0.2) is 5.69 Å². The minimum absolute atomic E-state index is 0.0408. The number of amides is 1. The lowest BCUT2D eigenvalue weighted by atomic mass is 9.80. The van der Waals surface area contributed by atoms with E-state index in [9.17, 15) is 9.59 Å². The Morgan fingerprint density at radius 1 is 1.38 bits per heavy atom. The number of rotatable bonds is 3. The maximum atomic E-state index is 12.5. The molecule has 114 valence electrons. The number of hydrogen-bond donors (Lipinski definition) is 1. The molecular formula is C14H20N4O3. The zero-order valence-electron chi connectivity index (χ0n) is 12.3. The summed E-state index contributed by atoms with van der Waals surface area (Å²) in [5, 5.41) is 16.3. The van der Waals surface area contributed by atoms with Gasteiger partial charge in [-0.15, -0.1) is 5.10 Å². The Kier molecular flexibility index (Phi) is 3.22. The average molecular weight is 292 g/mol. The number of hydrogen-bond acceptors (Lipinski definition) is 4. The van der Waals surface area contributed by atoms with Crippen LogP contribution in [0.1, 0.15) is 49.6 Å². The van der Waals surface area contributed by atoms with Crippen molar-refractivity contribution in [2.45, 2.75) is 39.2 Å². The molecule has 0 aromatic carbocycles. The molecule has 1 aromatic rings. The molecule has 0 radical (unpaired) electrons. The monoisotopic (exact) mass is 292 g/mol. The van der Waals surface area contributed by atoms with Gasteiger partial charge in [0.05, 0.1) is 12.2 Å². The molecule has 2 fully saturated rings. The largest absolute Gasteiger partial charge is 0.476 e. The molecule has 1 aromatic heterocycles. The molecule has 1 aliphatic heterocycles. The third-order valence-electron chi connectivity index (χ3n) is 4.83. The van der Waals surface area contributed by atoms with Crippen molar-refractivity contribution in [3.63, 3.8) is 0 Å². The van der Waals surface area contributed by atoms with E-state index in [1.165, 1.54) is 6.20 Å². The van der Waals surface area contributed by atoms with Gasteiger partial charge in [-0.1, -0.05) is 25.5 Å². The van der Waals surface area contributed by atoms with Crippen LogP contribution in [0.2, 0.25) is 0 Å². The summed E-state index contributed by atoms with van der Waals surface area (Å²) >= 11 is 0. The Morgan fingerprint density at radius 3 is 2.62 bits per heavy atom. The van der Waals surface area contributed by atoms with E-state index in [0.29, 0.717) is 13.1 Å². The van der Waals surface area contributed by atoms with E-state index in [4.69, 9.17) is 5.11 Å². The van der Waals surface area contributed by atoms with Gasteiger partial charge in [-0.3, -0.25) is 4.79 Å². The van der Waals surface area contributed by atoms with Crippen molar-refractivity contribution in [3.8, 4) is 0 Å². The van der Waals surface area contributed by atoms with Crippen LogP contribution < -0.4 is 0 Å². The van der Waals surface area contributed by atoms with E-state index in [0.717, 1.165) is 19.3 Å². The lowest BCUT2D eigenvalue weighted by Gasteiger charge is -2.42. The van der Waals surface area contributed by atoms with E-state index < -0.39 is 5.97 Å². The molecule has 7 nitrogen and oxygen atoms in total. The topological polar surface area (TPSA) is 88.3 Å². The van der Waals surface area contributed by atoms with Gasteiger partial charge in [0.1, 0.15) is 0 Å². The van der Waals surface area contributed by atoms with Crippen LogP contribution in [0.15, 0.2) is 6.20 Å². The summed E-state index contributed by atoms with van der Waals surface area (Å²) < 4.78 is 1.55. The number of carbonyl (C=O) groups is 2. The summed E-state index contributed by atoms with van der Waals surface area (Å²) in [4.78, 5) is 25.2. The molecule has 1 saturated heterocycles. The highest BCUT2D eigenvalue weighted by Crippen LogP contribution is 2.44. The Hall–Kier alpha value is -1.92. The maximum absolute atomic E-state index is 12.5. The third-order valence-corrected chi connectivity index (χ3v) is 4.83. The summed E-state index contributed by atoms with van der Waals surface area (Å²) in [7, 11) is 0. The van der Waals surface area contributed by atoms with Crippen LogP contribution in [-0.4, -0.2) is 50.0 Å². The van der Waals surface area contributed by atoms with E-state index in [2.05, 4.69) is 24.2 Å². The lowest BCUT2D eigenvalue weighted by Crippen LogP contribution is -2.54. The molecule has 7 heteroatoms. The van der Waals surface area contributed by atoms with Crippen molar-refractivity contribution < 1.29 is 14.7 Å². The van der Waals surface area contributed by atoms with Gasteiger partial charge in [0, 0.05) is 19.0 Å². The fraction of sp³-hybridized carbons (Fsp3) is 0.714. The highest BCUT2D eigenvalue weighted by molar-refractivity contribution is 5.84. The van der Waals surface area contributed by atoms with Crippen molar-refractivity contribution in [2.75, 3.05) is 13.1 Å². The van der Waals surface area contributed by atoms with Crippen molar-refractivity contribution in [3.05, 3.63) is 11.9 Å². The quantitative estimate of drug-likeness (QED) is 0.904. The molecule has 0 spiro atoms. The van der Waals surface area contributed by atoms with Crippen LogP contribution >= 0.6 is 0 Å². The van der Waals surface area contributed by atoms with E-state index in [1.807, 2.05) is 4.90 Å². The SMILES string of the molecule is CC1(C)CCCC1C(=O)N1CC(n2cc(C(=O)O)nn2)C1. The van der Waals surface area contributed by atoms with Crippen LogP contribution in [0.3, 0.4) is 0 Å². The van der Waals surface area contributed by atoms with Gasteiger partial charge < -0.3 is 10.0 Å². The summed E-state index contributed by atoms with van der Waals surface area (Å²) in [6.07, 6.45) is 4.62. The first-order valence-corrected chi connectivity index (χ1v) is 7.32. The third kappa shape index (κ3) is 2.41. The second-order valence-corrected chi connectivity index (χ2v) is 6.72. The molecular weight excluding hydrogens is 272 g/mol. The second-order valence-electron chi connectivity index (χ2n) is 6.72. The van der Waals surface area contributed by atoms with Crippen LogP contribution in [0.4, 0.5) is 0 Å². The molecule has 2 aliphatic rings. The zero-order chi connectivity index (χ0) is 15.2. The number of carboxylic acid groups (broad SMARTS) is 1. The van der Waals surface area contributed by atoms with Crippen LogP contribution in [0.5, 0.6) is 0 Å². The van der Waals surface area contributed by atoms with Crippen molar-refractivity contribution in [2.24, 2.45) is 11.3 Å². The van der Waals surface area contributed by atoms with E-state index >= 15 is 0 Å². The van der Waals surface area contributed by atoms with Crippen LogP contribution in [-0.2, 0) is 4.79 Å². The molecule has 3 rings (SSSR count). The Labute approximate surface area is 122 Å². The first kappa shape index (κ1) is 14.0. The summed E-state index contributed by atoms with van der Waals surface area (Å²) in [5.41, 5.74) is 0.0306. The summed E-state index contributed by atoms with van der Waals surface area (Å²) in [5.74, 6) is -0.739. The van der Waals surface area contributed by atoms with E-state index in [-0.39, 0.29) is 29.0 Å². The Morgan fingerprint density at radius 2 is 2.10 bits per heavy atom. The number of carbonyl (C=O) groups excluding carboxylic acids is 1. The van der Waals surface area contributed by atoms with Gasteiger partial charge in [-0.2, -0.15) is 0 Å². The highest BCUT2D eigenvalue weighted by atomic mass is 16.4. The van der Waals surface area contributed by atoms with Crippen molar-refractivity contribution >= 4 is 11.9 Å². The lowest BCUT2D eigenvalue weighted by molar-refractivity contribution is -0.144. The fourth-order valence-electron chi connectivity index (χ4n) is 3.36. The number of carboxylic acids is 1. The Bertz CT molecular complexity index is 575. The highest BCUT2D eigenvalue weighted by Gasteiger charge is 2.44. The molecule has 1 unspecified atom stereocenters. The number of likely N-dealkylation sites (tertiary alicyclic amines) is 1.